The fourth-order valence-electron chi connectivity index (χ4n) is 1.26. The van der Waals surface area contributed by atoms with E-state index in [1.165, 1.54) is 7.11 Å². The zero-order valence-electron chi connectivity index (χ0n) is 7.74. The number of ether oxygens (including phenoxy) is 1. The first-order valence-corrected chi connectivity index (χ1v) is 3.97. The summed E-state index contributed by atoms with van der Waals surface area (Å²) in [6.07, 6.45) is 1.55. The Hall–Kier alpha value is -1.13. The lowest BCUT2D eigenvalue weighted by molar-refractivity contribution is 0.253. The predicted molar refractivity (Wildman–Crippen MR) is 47.4 cm³/mol. The fraction of sp³-hybridized carbons (Fsp3) is 0.444. The Morgan fingerprint density at radius 1 is 1.38 bits per heavy atom. The zero-order valence-corrected chi connectivity index (χ0v) is 7.74. The van der Waals surface area contributed by atoms with Crippen molar-refractivity contribution < 1.29 is 14.9 Å². The van der Waals surface area contributed by atoms with Gasteiger partial charge >= 0.3 is 0 Å². The summed E-state index contributed by atoms with van der Waals surface area (Å²) in [4.78, 5) is 4.03. The van der Waals surface area contributed by atoms with E-state index in [2.05, 4.69) is 4.98 Å². The standard InChI is InChI=1S/C9H13NO3/c1-6-9(13-2)8(5-12)7(4-11)3-10-6/h3,11-12H,4-5H2,1-2H3. The minimum absolute atomic E-state index is 0.139. The van der Waals surface area contributed by atoms with Crippen LogP contribution in [0.2, 0.25) is 0 Å². The second kappa shape index (κ2) is 4.20. The van der Waals surface area contributed by atoms with Crippen LogP contribution >= 0.6 is 0 Å². The van der Waals surface area contributed by atoms with Gasteiger partial charge in [-0.25, -0.2) is 0 Å². The van der Waals surface area contributed by atoms with Gasteiger partial charge in [-0.15, -0.1) is 0 Å². The summed E-state index contributed by atoms with van der Waals surface area (Å²) in [6.45, 7) is 1.50. The molecule has 2 N–H and O–H groups in total. The average Bonchev–Trinajstić information content (AvgIpc) is 2.17. The highest BCUT2D eigenvalue weighted by Crippen LogP contribution is 2.24. The van der Waals surface area contributed by atoms with E-state index in [1.807, 2.05) is 0 Å². The Bertz CT molecular complexity index is 299. The topological polar surface area (TPSA) is 62.6 Å². The summed E-state index contributed by atoms with van der Waals surface area (Å²) in [6, 6.07) is 0. The number of hydrogen-bond acceptors (Lipinski definition) is 4. The molecule has 0 fully saturated rings. The molecule has 1 rings (SSSR count). The highest BCUT2D eigenvalue weighted by Gasteiger charge is 2.11. The van der Waals surface area contributed by atoms with Crippen molar-refractivity contribution in [3.05, 3.63) is 23.0 Å². The van der Waals surface area contributed by atoms with E-state index in [0.717, 1.165) is 0 Å². The lowest BCUT2D eigenvalue weighted by Gasteiger charge is -2.11. The summed E-state index contributed by atoms with van der Waals surface area (Å²) >= 11 is 0. The third-order valence-corrected chi connectivity index (χ3v) is 1.94. The molecule has 4 nitrogen and oxygen atoms in total. The van der Waals surface area contributed by atoms with Crippen molar-refractivity contribution in [1.82, 2.24) is 4.98 Å². The number of rotatable bonds is 3. The average molecular weight is 183 g/mol. The van der Waals surface area contributed by atoms with Crippen molar-refractivity contribution in [2.45, 2.75) is 20.1 Å². The van der Waals surface area contributed by atoms with E-state index in [4.69, 9.17) is 14.9 Å². The molecule has 0 aliphatic heterocycles. The Kier molecular flexibility index (Phi) is 3.22. The lowest BCUT2D eigenvalue weighted by Crippen LogP contribution is -2.02. The first-order valence-electron chi connectivity index (χ1n) is 3.97. The molecule has 0 aromatic carbocycles. The van der Waals surface area contributed by atoms with Crippen molar-refractivity contribution in [3.8, 4) is 5.75 Å². The number of aliphatic hydroxyl groups excluding tert-OH is 2. The zero-order chi connectivity index (χ0) is 9.84. The molecule has 0 unspecified atom stereocenters. The molecule has 0 spiro atoms. The first-order chi connectivity index (χ1) is 6.24. The molecule has 0 aliphatic rings. The van der Waals surface area contributed by atoms with Crippen molar-refractivity contribution >= 4 is 0 Å². The minimum Gasteiger partial charge on any atom is -0.494 e. The van der Waals surface area contributed by atoms with Crippen LogP contribution in [0.4, 0.5) is 0 Å². The van der Waals surface area contributed by atoms with Gasteiger partial charge in [0.15, 0.2) is 0 Å². The molecule has 0 saturated carbocycles. The third-order valence-electron chi connectivity index (χ3n) is 1.94. The molecule has 1 heterocycles. The van der Waals surface area contributed by atoms with Crippen LogP contribution in [-0.4, -0.2) is 22.3 Å². The number of hydrogen-bond donors (Lipinski definition) is 2. The van der Waals surface area contributed by atoms with Gasteiger partial charge in [-0.05, 0) is 6.92 Å². The summed E-state index contributed by atoms with van der Waals surface area (Å²) in [5, 5.41) is 18.0. The molecule has 1 aromatic rings. The van der Waals surface area contributed by atoms with Gasteiger partial charge in [0.25, 0.3) is 0 Å². The number of methoxy groups -OCH3 is 1. The van der Waals surface area contributed by atoms with Crippen LogP contribution in [0.5, 0.6) is 5.75 Å². The lowest BCUT2D eigenvalue weighted by atomic mass is 10.1. The van der Waals surface area contributed by atoms with E-state index in [9.17, 15) is 0 Å². The van der Waals surface area contributed by atoms with Crippen LogP contribution in [0.25, 0.3) is 0 Å². The van der Waals surface area contributed by atoms with Crippen LogP contribution in [-0.2, 0) is 13.2 Å². The van der Waals surface area contributed by atoms with Gasteiger partial charge in [0.05, 0.1) is 26.0 Å². The van der Waals surface area contributed by atoms with Gasteiger partial charge in [-0.1, -0.05) is 0 Å². The van der Waals surface area contributed by atoms with Gasteiger partial charge in [-0.2, -0.15) is 0 Å². The molecule has 0 atom stereocenters. The van der Waals surface area contributed by atoms with Gasteiger partial charge in [-0.3, -0.25) is 4.98 Å². The van der Waals surface area contributed by atoms with Gasteiger partial charge < -0.3 is 14.9 Å². The van der Waals surface area contributed by atoms with E-state index in [1.54, 1.807) is 13.1 Å². The molecule has 0 saturated heterocycles. The maximum absolute atomic E-state index is 9.07. The van der Waals surface area contributed by atoms with E-state index in [-0.39, 0.29) is 13.2 Å². The number of nitrogens with zero attached hydrogens (tertiary/aromatic N) is 1. The second-order valence-corrected chi connectivity index (χ2v) is 2.70. The monoisotopic (exact) mass is 183 g/mol. The summed E-state index contributed by atoms with van der Waals surface area (Å²) < 4.78 is 5.08. The number of aryl methyl sites for hydroxylation is 1. The Morgan fingerprint density at radius 3 is 2.54 bits per heavy atom. The quantitative estimate of drug-likeness (QED) is 0.711. The van der Waals surface area contributed by atoms with Crippen LogP contribution in [0, 0.1) is 6.92 Å². The molecule has 4 heteroatoms. The summed E-state index contributed by atoms with van der Waals surface area (Å²) in [7, 11) is 1.52. The first kappa shape index (κ1) is 9.95. The number of pyridine rings is 1. The minimum atomic E-state index is -0.150. The van der Waals surface area contributed by atoms with Gasteiger partial charge in [0, 0.05) is 17.3 Å². The van der Waals surface area contributed by atoms with E-state index < -0.39 is 0 Å². The van der Waals surface area contributed by atoms with Crippen LogP contribution < -0.4 is 4.74 Å². The van der Waals surface area contributed by atoms with Crippen molar-refractivity contribution in [2.24, 2.45) is 0 Å². The molecule has 0 bridgehead atoms. The number of aromatic nitrogens is 1. The smallest absolute Gasteiger partial charge is 0.145 e. The summed E-state index contributed by atoms with van der Waals surface area (Å²) in [5.41, 5.74) is 1.92. The largest absolute Gasteiger partial charge is 0.494 e. The molecule has 1 aromatic heterocycles. The third kappa shape index (κ3) is 1.79. The molecule has 0 radical (unpaired) electrons. The molecule has 13 heavy (non-hydrogen) atoms. The Morgan fingerprint density at radius 2 is 2.08 bits per heavy atom. The van der Waals surface area contributed by atoms with Gasteiger partial charge in [0.2, 0.25) is 0 Å². The summed E-state index contributed by atoms with van der Waals surface area (Å²) in [5.74, 6) is 0.550. The van der Waals surface area contributed by atoms with Crippen LogP contribution in [0.3, 0.4) is 0 Å². The highest BCUT2D eigenvalue weighted by atomic mass is 16.5. The maximum atomic E-state index is 9.07. The normalized spacial score (nSPS) is 10.2. The molecular weight excluding hydrogens is 170 g/mol. The molecular formula is C9H13NO3. The van der Waals surface area contributed by atoms with E-state index >= 15 is 0 Å². The molecule has 72 valence electrons. The van der Waals surface area contributed by atoms with Crippen molar-refractivity contribution in [3.63, 3.8) is 0 Å². The number of aliphatic hydroxyl groups is 2. The van der Waals surface area contributed by atoms with Crippen molar-refractivity contribution in [1.29, 1.82) is 0 Å². The van der Waals surface area contributed by atoms with Crippen LogP contribution in [0.1, 0.15) is 16.8 Å². The maximum Gasteiger partial charge on any atom is 0.145 e. The van der Waals surface area contributed by atoms with Crippen LogP contribution in [0.15, 0.2) is 6.20 Å². The second-order valence-electron chi connectivity index (χ2n) is 2.70. The van der Waals surface area contributed by atoms with Gasteiger partial charge in [0.1, 0.15) is 5.75 Å². The fourth-order valence-corrected chi connectivity index (χ4v) is 1.26. The van der Waals surface area contributed by atoms with Crippen molar-refractivity contribution in [2.75, 3.05) is 7.11 Å². The SMILES string of the molecule is COc1c(C)ncc(CO)c1CO. The Balaban J connectivity index is 3.27. The molecule has 0 aliphatic carbocycles. The predicted octanol–water partition coefficient (Wildman–Crippen LogP) is 0.383. The van der Waals surface area contributed by atoms with E-state index in [0.29, 0.717) is 22.6 Å². The molecule has 0 amide bonds. The Labute approximate surface area is 76.8 Å². The highest BCUT2D eigenvalue weighted by molar-refractivity contribution is 5.41.